The van der Waals surface area contributed by atoms with Crippen LogP contribution in [0.5, 0.6) is 0 Å². The maximum absolute atomic E-state index is 14.3. The van der Waals surface area contributed by atoms with Gasteiger partial charge in [0.25, 0.3) is 0 Å². The fraction of sp³-hybridized carbons (Fsp3) is 0.647. The van der Waals surface area contributed by atoms with Crippen LogP contribution in [0.1, 0.15) is 24.0 Å². The molecule has 0 N–H and O–H groups in total. The Morgan fingerprint density at radius 1 is 0.553 bits per heavy atom. The van der Waals surface area contributed by atoms with Gasteiger partial charge in [0, 0.05) is 5.56 Å². The number of alkyl halides is 17. The van der Waals surface area contributed by atoms with Crippen LogP contribution in [0.25, 0.3) is 0 Å². The maximum Gasteiger partial charge on any atom is 0.460 e. The molecule has 0 saturated carbocycles. The van der Waals surface area contributed by atoms with Gasteiger partial charge in [-0.15, -0.1) is 33.2 Å². The predicted octanol–water partition coefficient (Wildman–Crippen LogP) is 9.91. The van der Waals surface area contributed by atoms with Crippen molar-refractivity contribution in [1.29, 1.82) is 0 Å². The van der Waals surface area contributed by atoms with E-state index in [0.717, 1.165) is 0 Å². The molecule has 0 spiro atoms. The first-order valence-electron chi connectivity index (χ1n) is 9.23. The summed E-state index contributed by atoms with van der Waals surface area (Å²) in [5.41, 5.74) is -2.37. The number of benzene rings is 1. The van der Waals surface area contributed by atoms with Gasteiger partial charge in [0.1, 0.15) is 0 Å². The Bertz CT molecular complexity index is 983. The first kappa shape index (κ1) is 35.1. The Labute approximate surface area is 216 Å². The molecule has 1 aromatic carbocycles. The van der Waals surface area contributed by atoms with Crippen molar-refractivity contribution in [1.82, 2.24) is 0 Å². The highest BCUT2D eigenvalue weighted by atomic mass is 35.8. The zero-order valence-corrected chi connectivity index (χ0v) is 20.9. The maximum atomic E-state index is 14.3. The van der Waals surface area contributed by atoms with Crippen molar-refractivity contribution in [2.75, 3.05) is 0 Å². The van der Waals surface area contributed by atoms with Crippen LogP contribution in [0, 0.1) is 0 Å². The van der Waals surface area contributed by atoms with Gasteiger partial charge in [0.15, 0.2) is 0 Å². The Hall–Kier alpha value is -0.883. The summed E-state index contributed by atoms with van der Waals surface area (Å²) in [6, 6.07) is -2.76. The second-order valence-corrected chi connectivity index (χ2v) is 17.0. The van der Waals surface area contributed by atoms with Crippen molar-refractivity contribution in [2.24, 2.45) is 0 Å². The normalized spacial score (nSPS) is 16.6. The lowest BCUT2D eigenvalue weighted by molar-refractivity contribution is -0.462. The monoisotopic (exact) mass is 670 g/mol. The van der Waals surface area contributed by atoms with Crippen molar-refractivity contribution in [3.8, 4) is 0 Å². The average molecular weight is 672 g/mol. The molecule has 0 aromatic heterocycles. The van der Waals surface area contributed by atoms with Crippen LogP contribution >= 0.6 is 33.2 Å². The first-order chi connectivity index (χ1) is 16.3. The average Bonchev–Trinajstić information content (AvgIpc) is 2.70. The van der Waals surface area contributed by atoms with Gasteiger partial charge in [-0.1, -0.05) is 31.2 Å². The molecule has 0 amide bonds. The van der Waals surface area contributed by atoms with E-state index in [4.69, 9.17) is 33.2 Å². The molecule has 1 unspecified atom stereocenters. The molecule has 0 aliphatic rings. The van der Waals surface area contributed by atoms with Gasteiger partial charge < -0.3 is 0 Å². The molecular weight excluding hydrogens is 662 g/mol. The van der Waals surface area contributed by atoms with E-state index < -0.39 is 65.1 Å². The summed E-state index contributed by atoms with van der Waals surface area (Å²) in [5, 5.41) is 0. The largest absolute Gasteiger partial charge is 0.460 e. The van der Waals surface area contributed by atoms with Crippen LogP contribution in [0.2, 0.25) is 6.04 Å². The summed E-state index contributed by atoms with van der Waals surface area (Å²) in [5.74, 6) is -57.6. The molecule has 1 atom stereocenters. The van der Waals surface area contributed by atoms with Gasteiger partial charge in [-0.05, 0) is 17.5 Å². The summed E-state index contributed by atoms with van der Waals surface area (Å²) in [6.45, 7) is 1.31. The van der Waals surface area contributed by atoms with Crippen LogP contribution in [0.15, 0.2) is 24.3 Å². The van der Waals surface area contributed by atoms with E-state index in [1.54, 1.807) is 0 Å². The molecule has 0 fully saturated rings. The zero-order chi connectivity index (χ0) is 30.8. The molecule has 0 aliphatic heterocycles. The van der Waals surface area contributed by atoms with Gasteiger partial charge in [-0.3, -0.25) is 0 Å². The molecule has 1 aromatic rings. The Morgan fingerprint density at radius 2 is 0.868 bits per heavy atom. The minimum Gasteiger partial charge on any atom is -0.194 e. The number of hydrogen-bond acceptors (Lipinski definition) is 0. The van der Waals surface area contributed by atoms with E-state index >= 15 is 0 Å². The number of rotatable bonds is 10. The van der Waals surface area contributed by atoms with Crippen molar-refractivity contribution in [3.05, 3.63) is 35.4 Å². The molecule has 21 heteroatoms. The van der Waals surface area contributed by atoms with Crippen molar-refractivity contribution >= 4 is 39.2 Å². The highest BCUT2D eigenvalue weighted by Gasteiger charge is 2.95. The quantitative estimate of drug-likeness (QED) is 0.132. The van der Waals surface area contributed by atoms with Crippen LogP contribution in [-0.2, 0) is 5.92 Å². The first-order valence-corrected chi connectivity index (χ1v) is 14.5. The van der Waals surface area contributed by atoms with Crippen molar-refractivity contribution in [2.45, 2.75) is 66.5 Å². The molecule has 0 heterocycles. The number of hydrogen-bond donors (Lipinski definition) is 0. The zero-order valence-electron chi connectivity index (χ0n) is 17.7. The van der Waals surface area contributed by atoms with E-state index in [2.05, 4.69) is 0 Å². The third kappa shape index (κ3) is 5.39. The smallest absolute Gasteiger partial charge is 0.194 e. The molecule has 0 saturated heterocycles. The van der Waals surface area contributed by atoms with Gasteiger partial charge >= 0.3 is 53.6 Å². The van der Waals surface area contributed by atoms with Crippen molar-refractivity contribution in [3.63, 3.8) is 0 Å². The summed E-state index contributed by atoms with van der Waals surface area (Å²) >= 11 is 16.9. The summed E-state index contributed by atoms with van der Waals surface area (Å²) in [7, 11) is 0. The molecule has 38 heavy (non-hydrogen) atoms. The SMILES string of the molecule is CC(C[Si](Cl)(Cl)Cl)c1ccc(C(F)(F)C(F)(F)C(F)(F)C(F)(F)C(F)(F)C(F)(F)C(F)(F)C(F)(F)F)cc1. The van der Waals surface area contributed by atoms with E-state index in [0.29, 0.717) is 12.1 Å². The lowest BCUT2D eigenvalue weighted by atomic mass is 9.87. The highest BCUT2D eigenvalue weighted by molar-refractivity contribution is 7.64. The van der Waals surface area contributed by atoms with E-state index in [1.165, 1.54) is 6.92 Å². The molecule has 0 bridgehead atoms. The molecule has 0 nitrogen and oxygen atoms in total. The van der Waals surface area contributed by atoms with Gasteiger partial charge in [0.2, 0.25) is 0 Å². The molecule has 0 radical (unpaired) electrons. The van der Waals surface area contributed by atoms with Crippen LogP contribution in [-0.4, -0.2) is 47.7 Å². The Balaban J connectivity index is 3.59. The third-order valence-electron chi connectivity index (χ3n) is 5.10. The molecule has 0 aliphatic carbocycles. The lowest BCUT2D eigenvalue weighted by Crippen LogP contribution is -2.74. The topological polar surface area (TPSA) is 0 Å². The lowest BCUT2D eigenvalue weighted by Gasteiger charge is -2.42. The van der Waals surface area contributed by atoms with E-state index in [9.17, 15) is 74.6 Å². The van der Waals surface area contributed by atoms with Crippen molar-refractivity contribution < 1.29 is 74.6 Å². The van der Waals surface area contributed by atoms with Crippen LogP contribution in [0.4, 0.5) is 74.6 Å². The molecular formula is C17H10Cl3F17Si. The minimum absolute atomic E-state index is 0.0793. The summed E-state index contributed by atoms with van der Waals surface area (Å²) in [6.07, 6.45) is -7.80. The molecule has 222 valence electrons. The van der Waals surface area contributed by atoms with E-state index in [1.807, 2.05) is 0 Å². The summed E-state index contributed by atoms with van der Waals surface area (Å²) < 4.78 is 228. The Morgan fingerprint density at radius 3 is 1.18 bits per heavy atom. The fourth-order valence-electron chi connectivity index (χ4n) is 2.83. The highest BCUT2D eigenvalue weighted by Crippen LogP contribution is 2.65. The second kappa shape index (κ2) is 9.89. The third-order valence-corrected chi connectivity index (χ3v) is 7.57. The van der Waals surface area contributed by atoms with E-state index in [-0.39, 0.29) is 23.7 Å². The van der Waals surface area contributed by atoms with Crippen LogP contribution < -0.4 is 0 Å². The predicted molar refractivity (Wildman–Crippen MR) is 103 cm³/mol. The van der Waals surface area contributed by atoms with Gasteiger partial charge in [0.05, 0.1) is 0 Å². The standard InChI is InChI=1S/C17H10Cl3F17Si/c1-7(6-38(18,19)20)8-2-4-9(5-3-8)10(21,22)11(23,24)12(25,26)13(27,28)14(29,30)15(31,32)16(33,34)17(35,36)37/h2-5,7H,6H2,1H3. The summed E-state index contributed by atoms with van der Waals surface area (Å²) in [4.78, 5) is 0. The minimum atomic E-state index is -8.66. The molecule has 1 rings (SSSR count). The van der Waals surface area contributed by atoms with Gasteiger partial charge in [-0.25, -0.2) is 0 Å². The second-order valence-electron chi connectivity index (χ2n) is 7.86. The Kier molecular flexibility index (Phi) is 9.14. The van der Waals surface area contributed by atoms with Gasteiger partial charge in [-0.2, -0.15) is 74.6 Å². The fourth-order valence-corrected chi connectivity index (χ4v) is 5.84. The van der Waals surface area contributed by atoms with Crippen LogP contribution in [0.3, 0.4) is 0 Å². The number of halogens is 20.